The van der Waals surface area contributed by atoms with Crippen LogP contribution in [0.1, 0.15) is 27.7 Å². The highest BCUT2D eigenvalue weighted by Gasteiger charge is 2.26. The van der Waals surface area contributed by atoms with Crippen LogP contribution in [-0.4, -0.2) is 61.8 Å². The van der Waals surface area contributed by atoms with Gasteiger partial charge in [0.2, 0.25) is 5.91 Å². The van der Waals surface area contributed by atoms with Crippen molar-refractivity contribution in [3.63, 3.8) is 0 Å². The van der Waals surface area contributed by atoms with E-state index in [9.17, 15) is 18.4 Å². The molecule has 0 aromatic heterocycles. The molecule has 8 heteroatoms. The van der Waals surface area contributed by atoms with E-state index in [2.05, 4.69) is 5.32 Å². The van der Waals surface area contributed by atoms with Gasteiger partial charge >= 0.3 is 6.09 Å². The third-order valence-corrected chi connectivity index (χ3v) is 2.34. The Morgan fingerprint density at radius 3 is 2.29 bits per heavy atom. The number of hydrogen-bond donors (Lipinski definition) is 1. The minimum absolute atomic E-state index is 0.0278. The molecular formula is C13H24F2N2O4. The van der Waals surface area contributed by atoms with Crippen molar-refractivity contribution in [2.24, 2.45) is 0 Å². The SMILES string of the molecule is COCCN(CC(F)F)C(=O)[C@@H](C)NC(=O)OC(C)(C)C. The zero-order valence-corrected chi connectivity index (χ0v) is 13.1. The molecule has 2 amide bonds. The monoisotopic (exact) mass is 310 g/mol. The predicted molar refractivity (Wildman–Crippen MR) is 73.3 cm³/mol. The van der Waals surface area contributed by atoms with Crippen LogP contribution in [0, 0.1) is 0 Å². The highest BCUT2D eigenvalue weighted by Crippen LogP contribution is 2.07. The number of methoxy groups -OCH3 is 1. The second-order valence-electron chi connectivity index (χ2n) is 5.54. The molecule has 0 aromatic rings. The molecule has 0 aliphatic rings. The van der Waals surface area contributed by atoms with E-state index in [-0.39, 0.29) is 13.2 Å². The van der Waals surface area contributed by atoms with E-state index in [1.165, 1.54) is 14.0 Å². The summed E-state index contributed by atoms with van der Waals surface area (Å²) < 4.78 is 34.7. The summed E-state index contributed by atoms with van der Waals surface area (Å²) >= 11 is 0. The van der Waals surface area contributed by atoms with Crippen molar-refractivity contribution in [1.29, 1.82) is 0 Å². The molecule has 6 nitrogen and oxygen atoms in total. The second-order valence-corrected chi connectivity index (χ2v) is 5.54. The summed E-state index contributed by atoms with van der Waals surface area (Å²) in [6, 6.07) is -0.963. The molecule has 0 aliphatic carbocycles. The Kier molecular flexibility index (Phi) is 8.16. The van der Waals surface area contributed by atoms with Crippen molar-refractivity contribution in [1.82, 2.24) is 10.2 Å². The van der Waals surface area contributed by atoms with E-state index in [1.54, 1.807) is 20.8 Å². The van der Waals surface area contributed by atoms with Gasteiger partial charge in [-0.25, -0.2) is 13.6 Å². The zero-order chi connectivity index (χ0) is 16.6. The Hall–Kier alpha value is -1.44. The van der Waals surface area contributed by atoms with E-state index in [1.807, 2.05) is 0 Å². The average molecular weight is 310 g/mol. The summed E-state index contributed by atoms with van der Waals surface area (Å²) in [7, 11) is 1.41. The highest BCUT2D eigenvalue weighted by atomic mass is 19.3. The molecule has 0 bridgehead atoms. The maximum absolute atomic E-state index is 12.5. The van der Waals surface area contributed by atoms with Crippen molar-refractivity contribution in [3.8, 4) is 0 Å². The molecule has 0 saturated heterocycles. The maximum atomic E-state index is 12.5. The lowest BCUT2D eigenvalue weighted by Crippen LogP contribution is -2.50. The lowest BCUT2D eigenvalue weighted by molar-refractivity contribution is -0.135. The number of halogens is 2. The van der Waals surface area contributed by atoms with E-state index < -0.39 is 36.6 Å². The van der Waals surface area contributed by atoms with Gasteiger partial charge in [-0.15, -0.1) is 0 Å². The molecule has 0 unspecified atom stereocenters. The lowest BCUT2D eigenvalue weighted by Gasteiger charge is -2.26. The number of alkyl carbamates (subject to hydrolysis) is 1. The number of amides is 2. The molecule has 0 rings (SSSR count). The Bertz CT molecular complexity index is 346. The van der Waals surface area contributed by atoms with E-state index in [0.717, 1.165) is 4.90 Å². The number of nitrogens with one attached hydrogen (secondary N) is 1. The second kappa shape index (κ2) is 8.76. The third kappa shape index (κ3) is 9.17. The van der Waals surface area contributed by atoms with Crippen molar-refractivity contribution in [3.05, 3.63) is 0 Å². The molecule has 0 aromatic carbocycles. The molecule has 0 heterocycles. The van der Waals surface area contributed by atoms with Crippen LogP contribution in [0.3, 0.4) is 0 Å². The van der Waals surface area contributed by atoms with Crippen LogP contribution in [-0.2, 0) is 14.3 Å². The first-order valence-corrected chi connectivity index (χ1v) is 6.62. The number of carbonyl (C=O) groups is 2. The number of ether oxygens (including phenoxy) is 2. The van der Waals surface area contributed by atoms with Crippen LogP contribution in [0.5, 0.6) is 0 Å². The molecule has 124 valence electrons. The van der Waals surface area contributed by atoms with Crippen LogP contribution in [0.25, 0.3) is 0 Å². The van der Waals surface area contributed by atoms with Gasteiger partial charge < -0.3 is 19.7 Å². The van der Waals surface area contributed by atoms with Crippen molar-refractivity contribution in [2.45, 2.75) is 45.8 Å². The van der Waals surface area contributed by atoms with Gasteiger partial charge in [-0.2, -0.15) is 0 Å². The summed E-state index contributed by atoms with van der Waals surface area (Å²) in [5, 5.41) is 2.33. The Morgan fingerprint density at radius 2 is 1.86 bits per heavy atom. The molecule has 0 aliphatic heterocycles. The van der Waals surface area contributed by atoms with Crippen LogP contribution in [0.4, 0.5) is 13.6 Å². The smallest absolute Gasteiger partial charge is 0.408 e. The summed E-state index contributed by atoms with van der Waals surface area (Å²) in [5.74, 6) is -0.613. The summed E-state index contributed by atoms with van der Waals surface area (Å²) in [5.41, 5.74) is -0.703. The molecule has 1 N–H and O–H groups in total. The normalized spacial score (nSPS) is 13.0. The van der Waals surface area contributed by atoms with Gasteiger partial charge in [0, 0.05) is 13.7 Å². The van der Waals surface area contributed by atoms with Gasteiger partial charge in [0.1, 0.15) is 11.6 Å². The minimum Gasteiger partial charge on any atom is -0.444 e. The first kappa shape index (κ1) is 19.6. The fourth-order valence-electron chi connectivity index (χ4n) is 1.48. The van der Waals surface area contributed by atoms with Gasteiger partial charge in [-0.3, -0.25) is 4.79 Å². The highest BCUT2D eigenvalue weighted by molar-refractivity contribution is 5.85. The average Bonchev–Trinajstić information content (AvgIpc) is 2.30. The first-order chi connectivity index (χ1) is 9.56. The summed E-state index contributed by atoms with van der Waals surface area (Å²) in [6.07, 6.45) is -3.42. The predicted octanol–water partition coefficient (Wildman–Crippen LogP) is 1.64. The molecule has 0 fully saturated rings. The number of carbonyl (C=O) groups excluding carboxylic acids is 2. The number of nitrogens with zero attached hydrogens (tertiary/aromatic N) is 1. The molecular weight excluding hydrogens is 286 g/mol. The Labute approximate surface area is 123 Å². The van der Waals surface area contributed by atoms with Crippen LogP contribution < -0.4 is 5.32 Å². The Morgan fingerprint density at radius 1 is 1.29 bits per heavy atom. The van der Waals surface area contributed by atoms with Crippen molar-refractivity contribution < 1.29 is 27.8 Å². The topological polar surface area (TPSA) is 67.9 Å². The van der Waals surface area contributed by atoms with Crippen LogP contribution >= 0.6 is 0 Å². The van der Waals surface area contributed by atoms with Crippen LogP contribution in [0.2, 0.25) is 0 Å². The quantitative estimate of drug-likeness (QED) is 0.776. The van der Waals surface area contributed by atoms with E-state index in [4.69, 9.17) is 9.47 Å². The minimum atomic E-state index is -2.65. The van der Waals surface area contributed by atoms with Crippen molar-refractivity contribution >= 4 is 12.0 Å². The fraction of sp³-hybridized carbons (Fsp3) is 0.846. The molecule has 0 radical (unpaired) electrons. The number of rotatable bonds is 7. The molecule has 21 heavy (non-hydrogen) atoms. The molecule has 0 spiro atoms. The zero-order valence-electron chi connectivity index (χ0n) is 13.1. The van der Waals surface area contributed by atoms with E-state index >= 15 is 0 Å². The van der Waals surface area contributed by atoms with Crippen LogP contribution in [0.15, 0.2) is 0 Å². The summed E-state index contributed by atoms with van der Waals surface area (Å²) in [4.78, 5) is 24.6. The van der Waals surface area contributed by atoms with Gasteiger partial charge in [-0.1, -0.05) is 0 Å². The van der Waals surface area contributed by atoms with Gasteiger partial charge in [-0.05, 0) is 27.7 Å². The van der Waals surface area contributed by atoms with Gasteiger partial charge in [0.05, 0.1) is 13.2 Å². The lowest BCUT2D eigenvalue weighted by atomic mass is 10.2. The van der Waals surface area contributed by atoms with Gasteiger partial charge in [0.15, 0.2) is 0 Å². The third-order valence-electron chi connectivity index (χ3n) is 2.34. The Balaban J connectivity index is 4.57. The standard InChI is InChI=1S/C13H24F2N2O4/c1-9(16-12(19)21-13(2,3)4)11(18)17(6-7-20-5)8-10(14)15/h9-10H,6-8H2,1-5H3,(H,16,19)/t9-/m1/s1. The van der Waals surface area contributed by atoms with Crippen molar-refractivity contribution in [2.75, 3.05) is 26.8 Å². The fourth-order valence-corrected chi connectivity index (χ4v) is 1.48. The first-order valence-electron chi connectivity index (χ1n) is 6.62. The van der Waals surface area contributed by atoms with Gasteiger partial charge in [0.25, 0.3) is 6.43 Å². The maximum Gasteiger partial charge on any atom is 0.408 e. The summed E-state index contributed by atoms with van der Waals surface area (Å²) in [6.45, 7) is 5.92. The largest absolute Gasteiger partial charge is 0.444 e. The molecule has 1 atom stereocenters. The molecule has 0 saturated carbocycles. The van der Waals surface area contributed by atoms with E-state index in [0.29, 0.717) is 0 Å². The number of alkyl halides is 2. The number of hydrogen-bond acceptors (Lipinski definition) is 4.